The van der Waals surface area contributed by atoms with Gasteiger partial charge in [-0.1, -0.05) is 11.6 Å². The fourth-order valence-corrected chi connectivity index (χ4v) is 2.33. The monoisotopic (exact) mass is 362 g/mol. The summed E-state index contributed by atoms with van der Waals surface area (Å²) in [5.74, 6) is -1.24. The summed E-state index contributed by atoms with van der Waals surface area (Å²) in [7, 11) is 1.34. The Morgan fingerprint density at radius 3 is 2.67 bits per heavy atom. The molecule has 0 aliphatic heterocycles. The van der Waals surface area contributed by atoms with Gasteiger partial charge in [-0.05, 0) is 6.07 Å². The molecule has 2 aromatic rings. The Balaban J connectivity index is 2.11. The molecule has 2 aromatic heterocycles. The molecule has 2 heterocycles. The summed E-state index contributed by atoms with van der Waals surface area (Å²) in [6, 6.07) is 1.39. The summed E-state index contributed by atoms with van der Waals surface area (Å²) in [6.07, 6.45) is -0.733. The van der Waals surface area contributed by atoms with Crippen LogP contribution in [-0.2, 0) is 12.6 Å². The number of pyridine rings is 1. The molecule has 0 saturated heterocycles. The van der Waals surface area contributed by atoms with Crippen molar-refractivity contribution in [2.24, 2.45) is 7.05 Å². The van der Waals surface area contributed by atoms with E-state index in [1.807, 2.05) is 0 Å². The lowest BCUT2D eigenvalue weighted by molar-refractivity contribution is -0.272. The van der Waals surface area contributed by atoms with Crippen LogP contribution in [0.25, 0.3) is 0 Å². The highest BCUT2D eigenvalue weighted by atomic mass is 35.5. The number of carbonyl (C=O) groups excluding carboxylic acids is 1. The lowest BCUT2D eigenvalue weighted by Gasteiger charge is -2.30. The van der Waals surface area contributed by atoms with E-state index in [9.17, 15) is 23.1 Å². The molecule has 1 unspecified atom stereocenters. The van der Waals surface area contributed by atoms with E-state index in [1.165, 1.54) is 31.7 Å². The van der Waals surface area contributed by atoms with E-state index in [2.05, 4.69) is 15.3 Å². The molecule has 2 N–H and O–H groups in total. The zero-order chi connectivity index (χ0) is 18.0. The predicted molar refractivity (Wildman–Crippen MR) is 79.4 cm³/mol. The SMILES string of the molecule is Cn1ccnc1C(O)(CCNC(=O)c1cnccc1Cl)C(F)(F)F. The van der Waals surface area contributed by atoms with Gasteiger partial charge < -0.3 is 15.0 Å². The number of imidazole rings is 1. The van der Waals surface area contributed by atoms with Crippen LogP contribution in [0.5, 0.6) is 0 Å². The third kappa shape index (κ3) is 3.51. The maximum atomic E-state index is 13.3. The van der Waals surface area contributed by atoms with Crippen molar-refractivity contribution >= 4 is 17.5 Å². The second-order valence-electron chi connectivity index (χ2n) is 5.08. The van der Waals surface area contributed by atoms with Crippen molar-refractivity contribution in [3.63, 3.8) is 0 Å². The van der Waals surface area contributed by atoms with E-state index >= 15 is 0 Å². The van der Waals surface area contributed by atoms with E-state index in [-0.39, 0.29) is 10.6 Å². The number of carbonyl (C=O) groups is 1. The topological polar surface area (TPSA) is 80.0 Å². The van der Waals surface area contributed by atoms with E-state index < -0.39 is 36.5 Å². The van der Waals surface area contributed by atoms with Gasteiger partial charge in [-0.2, -0.15) is 13.2 Å². The normalized spacial score (nSPS) is 14.2. The summed E-state index contributed by atoms with van der Waals surface area (Å²) in [5, 5.41) is 12.5. The molecule has 0 bridgehead atoms. The molecule has 1 atom stereocenters. The van der Waals surface area contributed by atoms with Crippen LogP contribution >= 0.6 is 11.6 Å². The average Bonchev–Trinajstić information content (AvgIpc) is 2.92. The Morgan fingerprint density at radius 1 is 1.42 bits per heavy atom. The molecule has 130 valence electrons. The van der Waals surface area contributed by atoms with Gasteiger partial charge in [0.15, 0.2) is 0 Å². The Kier molecular flexibility index (Phi) is 5.14. The lowest BCUT2D eigenvalue weighted by Crippen LogP contribution is -2.46. The number of nitrogens with one attached hydrogen (secondary N) is 1. The van der Waals surface area contributed by atoms with Gasteiger partial charge in [-0.3, -0.25) is 9.78 Å². The summed E-state index contributed by atoms with van der Waals surface area (Å²) in [6.45, 7) is -0.438. The van der Waals surface area contributed by atoms with Crippen LogP contribution in [0.4, 0.5) is 13.2 Å². The number of aryl methyl sites for hydroxylation is 1. The number of hydrogen-bond acceptors (Lipinski definition) is 4. The summed E-state index contributed by atoms with van der Waals surface area (Å²) >= 11 is 5.82. The molecule has 24 heavy (non-hydrogen) atoms. The molecule has 0 aromatic carbocycles. The number of alkyl halides is 3. The van der Waals surface area contributed by atoms with Gasteiger partial charge in [0.1, 0.15) is 5.82 Å². The summed E-state index contributed by atoms with van der Waals surface area (Å²) in [4.78, 5) is 19.2. The first-order valence-corrected chi connectivity index (χ1v) is 7.19. The fourth-order valence-electron chi connectivity index (χ4n) is 2.14. The molecule has 0 saturated carbocycles. The quantitative estimate of drug-likeness (QED) is 0.853. The second kappa shape index (κ2) is 6.78. The number of nitrogens with zero attached hydrogens (tertiary/aromatic N) is 3. The molecule has 0 aliphatic rings. The number of hydrogen-bond donors (Lipinski definition) is 2. The minimum absolute atomic E-state index is 0.0340. The van der Waals surface area contributed by atoms with Crippen molar-refractivity contribution in [3.05, 3.63) is 47.3 Å². The molecule has 1 amide bonds. The molecule has 6 nitrogen and oxygen atoms in total. The number of halogens is 4. The third-order valence-electron chi connectivity index (χ3n) is 3.44. The highest BCUT2D eigenvalue weighted by molar-refractivity contribution is 6.33. The number of aromatic nitrogens is 3. The second-order valence-corrected chi connectivity index (χ2v) is 5.49. The van der Waals surface area contributed by atoms with Crippen LogP contribution < -0.4 is 5.32 Å². The van der Waals surface area contributed by atoms with E-state index in [1.54, 1.807) is 0 Å². The van der Waals surface area contributed by atoms with Crippen molar-refractivity contribution in [1.82, 2.24) is 19.9 Å². The van der Waals surface area contributed by atoms with Gasteiger partial charge in [-0.25, -0.2) is 4.98 Å². The smallest absolute Gasteiger partial charge is 0.374 e. The van der Waals surface area contributed by atoms with Crippen LogP contribution in [0.1, 0.15) is 22.6 Å². The average molecular weight is 363 g/mol. The highest BCUT2D eigenvalue weighted by Gasteiger charge is 2.57. The molecule has 10 heteroatoms. The van der Waals surface area contributed by atoms with Gasteiger partial charge in [0.05, 0.1) is 10.6 Å². The zero-order valence-electron chi connectivity index (χ0n) is 12.5. The minimum Gasteiger partial charge on any atom is -0.374 e. The lowest BCUT2D eigenvalue weighted by atomic mass is 9.97. The van der Waals surface area contributed by atoms with Crippen molar-refractivity contribution in [3.8, 4) is 0 Å². The van der Waals surface area contributed by atoms with Gasteiger partial charge in [0.25, 0.3) is 5.91 Å². The standard InChI is InChI=1S/C14H14ClF3N4O2/c1-22-7-6-21-12(22)13(24,14(16,17)18)3-5-20-11(23)9-8-19-4-2-10(9)15/h2,4,6-8,24H,3,5H2,1H3,(H,20,23). The Labute approximate surface area is 140 Å². The van der Waals surface area contributed by atoms with Gasteiger partial charge in [-0.15, -0.1) is 0 Å². The summed E-state index contributed by atoms with van der Waals surface area (Å²) in [5.41, 5.74) is -3.15. The molecule has 0 aliphatic carbocycles. The Hall–Kier alpha value is -2.13. The first-order chi connectivity index (χ1) is 11.2. The van der Waals surface area contributed by atoms with Gasteiger partial charge in [0, 0.05) is 44.8 Å². The Morgan fingerprint density at radius 2 is 2.12 bits per heavy atom. The van der Waals surface area contributed by atoms with Gasteiger partial charge in [0.2, 0.25) is 5.60 Å². The van der Waals surface area contributed by atoms with Crippen molar-refractivity contribution < 1.29 is 23.1 Å². The maximum absolute atomic E-state index is 13.3. The molecule has 0 fully saturated rings. The number of amides is 1. The maximum Gasteiger partial charge on any atom is 0.424 e. The van der Waals surface area contributed by atoms with Crippen LogP contribution in [0.3, 0.4) is 0 Å². The minimum atomic E-state index is -4.96. The molecular formula is C14H14ClF3N4O2. The van der Waals surface area contributed by atoms with Crippen molar-refractivity contribution in [1.29, 1.82) is 0 Å². The molecule has 2 rings (SSSR count). The van der Waals surface area contributed by atoms with Crippen molar-refractivity contribution in [2.75, 3.05) is 6.54 Å². The van der Waals surface area contributed by atoms with E-state index in [0.717, 1.165) is 10.8 Å². The molecule has 0 radical (unpaired) electrons. The van der Waals surface area contributed by atoms with Gasteiger partial charge >= 0.3 is 6.18 Å². The zero-order valence-corrected chi connectivity index (χ0v) is 13.3. The van der Waals surface area contributed by atoms with E-state index in [0.29, 0.717) is 0 Å². The third-order valence-corrected chi connectivity index (χ3v) is 3.77. The van der Waals surface area contributed by atoms with E-state index in [4.69, 9.17) is 11.6 Å². The number of aliphatic hydroxyl groups is 1. The number of rotatable bonds is 5. The van der Waals surface area contributed by atoms with Crippen LogP contribution in [0.2, 0.25) is 5.02 Å². The molecule has 0 spiro atoms. The van der Waals surface area contributed by atoms with Crippen LogP contribution in [-0.4, -0.2) is 38.3 Å². The predicted octanol–water partition coefficient (Wildman–Crippen LogP) is 2.04. The first-order valence-electron chi connectivity index (χ1n) is 6.81. The largest absolute Gasteiger partial charge is 0.424 e. The first kappa shape index (κ1) is 18.2. The summed E-state index contributed by atoms with van der Waals surface area (Å²) < 4.78 is 41.0. The van der Waals surface area contributed by atoms with Crippen LogP contribution in [0, 0.1) is 0 Å². The fraction of sp³-hybridized carbons (Fsp3) is 0.357. The van der Waals surface area contributed by atoms with Crippen LogP contribution in [0.15, 0.2) is 30.9 Å². The Bertz CT molecular complexity index is 735. The van der Waals surface area contributed by atoms with Crippen molar-refractivity contribution in [2.45, 2.75) is 18.2 Å². The molecular weight excluding hydrogens is 349 g/mol. The highest BCUT2D eigenvalue weighted by Crippen LogP contribution is 2.40.